The Morgan fingerprint density at radius 3 is 2.84 bits per heavy atom. The Morgan fingerprint density at radius 2 is 2.12 bits per heavy atom. The first-order valence-corrected chi connectivity index (χ1v) is 8.90. The van der Waals surface area contributed by atoms with Crippen LogP contribution in [0.2, 0.25) is 0 Å². The van der Waals surface area contributed by atoms with Crippen molar-refractivity contribution in [3.8, 4) is 11.5 Å². The molecule has 1 amide bonds. The van der Waals surface area contributed by atoms with Crippen LogP contribution in [0.15, 0.2) is 24.3 Å². The minimum absolute atomic E-state index is 0.00149. The lowest BCUT2D eigenvalue weighted by Gasteiger charge is -2.11. The van der Waals surface area contributed by atoms with Crippen molar-refractivity contribution < 1.29 is 23.0 Å². The molecule has 3 rings (SSSR count). The highest BCUT2D eigenvalue weighted by molar-refractivity contribution is 7.14. The number of alkyl halides is 2. The van der Waals surface area contributed by atoms with E-state index in [-0.39, 0.29) is 17.4 Å². The largest absolute Gasteiger partial charge is 0.493 e. The third kappa shape index (κ3) is 4.28. The van der Waals surface area contributed by atoms with Gasteiger partial charge in [-0.2, -0.15) is 8.78 Å². The second-order valence-electron chi connectivity index (χ2n) is 5.78. The maximum absolute atomic E-state index is 12.3. The van der Waals surface area contributed by atoms with Crippen LogP contribution >= 0.6 is 11.3 Å². The Kier molecular flexibility index (Phi) is 5.53. The van der Waals surface area contributed by atoms with E-state index in [9.17, 15) is 13.6 Å². The number of amides is 1. The van der Waals surface area contributed by atoms with Crippen molar-refractivity contribution >= 4 is 17.2 Å². The summed E-state index contributed by atoms with van der Waals surface area (Å²) in [5, 5.41) is 2.90. The van der Waals surface area contributed by atoms with E-state index in [2.05, 4.69) is 10.1 Å². The van der Waals surface area contributed by atoms with E-state index in [4.69, 9.17) is 4.74 Å². The van der Waals surface area contributed by atoms with E-state index in [0.717, 1.165) is 23.3 Å². The highest BCUT2D eigenvalue weighted by Crippen LogP contribution is 2.31. The van der Waals surface area contributed by atoms with Gasteiger partial charge in [0.05, 0.1) is 12.0 Å². The van der Waals surface area contributed by atoms with Gasteiger partial charge in [0.2, 0.25) is 0 Å². The predicted molar refractivity (Wildman–Crippen MR) is 92.0 cm³/mol. The van der Waals surface area contributed by atoms with Crippen molar-refractivity contribution in [1.82, 2.24) is 5.32 Å². The Labute approximate surface area is 148 Å². The zero-order valence-electron chi connectivity index (χ0n) is 13.8. The summed E-state index contributed by atoms with van der Waals surface area (Å²) < 4.78 is 34.1. The lowest BCUT2D eigenvalue weighted by atomic mass is 10.1. The number of halogens is 2. The molecule has 4 nitrogen and oxygen atoms in total. The molecule has 134 valence electrons. The summed E-state index contributed by atoms with van der Waals surface area (Å²) in [6.07, 6.45) is 3.88. The predicted octanol–water partition coefficient (Wildman–Crippen LogP) is 3.82. The first-order valence-electron chi connectivity index (χ1n) is 8.08. The number of carbonyl (C=O) groups is 1. The fourth-order valence-corrected chi connectivity index (χ4v) is 4.08. The van der Waals surface area contributed by atoms with Crippen LogP contribution in [0.1, 0.15) is 32.1 Å². The number of fused-ring (bicyclic) bond motifs is 1. The molecule has 7 heteroatoms. The van der Waals surface area contributed by atoms with Gasteiger partial charge in [0, 0.05) is 11.4 Å². The molecule has 0 spiro atoms. The number of benzene rings is 1. The third-order valence-corrected chi connectivity index (χ3v) is 5.35. The monoisotopic (exact) mass is 367 g/mol. The summed E-state index contributed by atoms with van der Waals surface area (Å²) in [7, 11) is 1.40. The summed E-state index contributed by atoms with van der Waals surface area (Å²) in [6, 6.07) is 6.77. The fourth-order valence-electron chi connectivity index (χ4n) is 2.91. The van der Waals surface area contributed by atoms with Crippen molar-refractivity contribution in [2.75, 3.05) is 13.7 Å². The molecule has 1 N–H and O–H groups in total. The molecular weight excluding hydrogens is 348 g/mol. The van der Waals surface area contributed by atoms with Crippen molar-refractivity contribution in [2.45, 2.75) is 32.3 Å². The summed E-state index contributed by atoms with van der Waals surface area (Å²) in [5.74, 6) is 0.182. The van der Waals surface area contributed by atoms with E-state index < -0.39 is 6.61 Å². The quantitative estimate of drug-likeness (QED) is 0.809. The van der Waals surface area contributed by atoms with Crippen LogP contribution in [0.25, 0.3) is 0 Å². The lowest BCUT2D eigenvalue weighted by Crippen LogP contribution is -2.24. The maximum atomic E-state index is 12.3. The van der Waals surface area contributed by atoms with E-state index in [1.54, 1.807) is 23.5 Å². The van der Waals surface area contributed by atoms with Crippen LogP contribution in [0.3, 0.4) is 0 Å². The van der Waals surface area contributed by atoms with Crippen LogP contribution in [0, 0.1) is 0 Å². The highest BCUT2D eigenvalue weighted by Gasteiger charge is 2.18. The smallest absolute Gasteiger partial charge is 0.387 e. The van der Waals surface area contributed by atoms with Crippen molar-refractivity contribution in [1.29, 1.82) is 0 Å². The Hall–Kier alpha value is -2.15. The Balaban J connectivity index is 1.55. The Morgan fingerprint density at radius 1 is 1.28 bits per heavy atom. The molecular formula is C18H19F2NO3S. The van der Waals surface area contributed by atoms with Gasteiger partial charge in [0.25, 0.3) is 5.91 Å². The average Bonchev–Trinajstić information content (AvgIpc) is 3.17. The summed E-state index contributed by atoms with van der Waals surface area (Å²) in [6.45, 7) is -2.44. The van der Waals surface area contributed by atoms with E-state index in [1.807, 2.05) is 6.07 Å². The minimum Gasteiger partial charge on any atom is -0.493 e. The summed E-state index contributed by atoms with van der Waals surface area (Å²) >= 11 is 1.57. The molecule has 1 aliphatic rings. The zero-order chi connectivity index (χ0) is 17.8. The van der Waals surface area contributed by atoms with Crippen LogP contribution in [0.4, 0.5) is 8.78 Å². The van der Waals surface area contributed by atoms with E-state index in [1.165, 1.54) is 30.0 Å². The number of nitrogens with one attached hydrogen (secondary N) is 1. The fraction of sp³-hybridized carbons (Fsp3) is 0.389. The first-order chi connectivity index (χ1) is 12.1. The summed E-state index contributed by atoms with van der Waals surface area (Å²) in [4.78, 5) is 14.3. The van der Waals surface area contributed by atoms with Crippen LogP contribution < -0.4 is 14.8 Å². The number of thiophene rings is 1. The number of hydrogen-bond donors (Lipinski definition) is 1. The molecule has 1 aliphatic carbocycles. The van der Waals surface area contributed by atoms with Gasteiger partial charge in [-0.15, -0.1) is 11.3 Å². The molecule has 0 atom stereocenters. The molecule has 0 radical (unpaired) electrons. The molecule has 1 aromatic carbocycles. The van der Waals surface area contributed by atoms with Crippen molar-refractivity contribution in [3.63, 3.8) is 0 Å². The molecule has 2 aromatic rings. The molecule has 0 saturated heterocycles. The number of carbonyl (C=O) groups excluding carboxylic acids is 1. The second kappa shape index (κ2) is 7.82. The van der Waals surface area contributed by atoms with Gasteiger partial charge in [-0.05, 0) is 55.0 Å². The summed E-state index contributed by atoms with van der Waals surface area (Å²) in [5.41, 5.74) is 2.17. The SMILES string of the molecule is COc1cc(CCNC(=O)c2cc3c(s2)CCC3)ccc1OC(F)F. The molecule has 1 aromatic heterocycles. The van der Waals surface area contributed by atoms with Crippen LogP contribution in [-0.4, -0.2) is 26.2 Å². The van der Waals surface area contributed by atoms with E-state index >= 15 is 0 Å². The van der Waals surface area contributed by atoms with Gasteiger partial charge < -0.3 is 14.8 Å². The van der Waals surface area contributed by atoms with Gasteiger partial charge >= 0.3 is 6.61 Å². The van der Waals surface area contributed by atoms with Gasteiger partial charge in [-0.25, -0.2) is 0 Å². The molecule has 0 unspecified atom stereocenters. The number of ether oxygens (including phenoxy) is 2. The van der Waals surface area contributed by atoms with Crippen molar-refractivity contribution in [3.05, 3.63) is 45.1 Å². The number of hydrogen-bond acceptors (Lipinski definition) is 4. The molecule has 1 heterocycles. The third-order valence-electron chi connectivity index (χ3n) is 4.11. The van der Waals surface area contributed by atoms with Gasteiger partial charge in [-0.1, -0.05) is 6.07 Å². The molecule has 0 fully saturated rings. The zero-order valence-corrected chi connectivity index (χ0v) is 14.6. The number of methoxy groups -OCH3 is 1. The Bertz CT molecular complexity index is 739. The topological polar surface area (TPSA) is 47.6 Å². The van der Waals surface area contributed by atoms with Crippen LogP contribution in [0.5, 0.6) is 11.5 Å². The second-order valence-corrected chi connectivity index (χ2v) is 6.92. The normalized spacial score (nSPS) is 13.0. The van der Waals surface area contributed by atoms with Gasteiger partial charge in [0.15, 0.2) is 11.5 Å². The van der Waals surface area contributed by atoms with E-state index in [0.29, 0.717) is 13.0 Å². The first kappa shape index (κ1) is 17.7. The van der Waals surface area contributed by atoms with Gasteiger partial charge in [-0.3, -0.25) is 4.79 Å². The molecule has 0 aliphatic heterocycles. The number of rotatable bonds is 7. The number of aryl methyl sites for hydroxylation is 2. The standard InChI is InChI=1S/C18H19F2NO3S/c1-23-14-9-11(5-6-13(14)24-18(19)20)7-8-21-17(22)16-10-12-3-2-4-15(12)25-16/h5-6,9-10,18H,2-4,7-8H2,1H3,(H,21,22). The van der Waals surface area contributed by atoms with Crippen molar-refractivity contribution in [2.24, 2.45) is 0 Å². The molecule has 25 heavy (non-hydrogen) atoms. The van der Waals surface area contributed by atoms with Crippen LogP contribution in [-0.2, 0) is 19.3 Å². The van der Waals surface area contributed by atoms with Gasteiger partial charge in [0.1, 0.15) is 0 Å². The molecule has 0 saturated carbocycles. The average molecular weight is 367 g/mol. The minimum atomic E-state index is -2.90. The maximum Gasteiger partial charge on any atom is 0.387 e. The lowest BCUT2D eigenvalue weighted by molar-refractivity contribution is -0.0512. The highest BCUT2D eigenvalue weighted by atomic mass is 32.1. The molecule has 0 bridgehead atoms.